The number of hydrogen-bond acceptors (Lipinski definition) is 8. The van der Waals surface area contributed by atoms with Crippen molar-refractivity contribution in [3.05, 3.63) is 30.1 Å². The first-order chi connectivity index (χ1) is 16.2. The number of ether oxygens (including phenoxy) is 2. The zero-order chi connectivity index (χ0) is 22.8. The average Bonchev–Trinajstić information content (AvgIpc) is 3.52. The summed E-state index contributed by atoms with van der Waals surface area (Å²) in [5, 5.41) is 13.7. The largest absolute Gasteiger partial charge is 0.493 e. The van der Waals surface area contributed by atoms with Crippen molar-refractivity contribution >= 4 is 22.9 Å². The fraction of sp³-hybridized carbons (Fsp3) is 0.542. The maximum absolute atomic E-state index is 10.2. The van der Waals surface area contributed by atoms with E-state index in [1.807, 2.05) is 24.5 Å². The Hall–Kier alpha value is -3.07. The third-order valence-corrected chi connectivity index (χ3v) is 6.71. The Morgan fingerprint density at radius 3 is 2.64 bits per heavy atom. The van der Waals surface area contributed by atoms with Gasteiger partial charge in [0.2, 0.25) is 5.95 Å². The van der Waals surface area contributed by atoms with Gasteiger partial charge in [0.25, 0.3) is 0 Å². The van der Waals surface area contributed by atoms with Gasteiger partial charge in [-0.05, 0) is 43.4 Å². The number of rotatable bonds is 7. The molecule has 1 aliphatic heterocycles. The van der Waals surface area contributed by atoms with E-state index in [0.717, 1.165) is 49.0 Å². The summed E-state index contributed by atoms with van der Waals surface area (Å²) in [5.41, 5.74) is 2.69. The van der Waals surface area contributed by atoms with Crippen LogP contribution < -0.4 is 19.7 Å². The minimum Gasteiger partial charge on any atom is -0.493 e. The van der Waals surface area contributed by atoms with Gasteiger partial charge in [-0.2, -0.15) is 9.97 Å². The SMILES string of the molecule is COc1ccc(CNc2nc(N3CCCC(O)C3)nc3c2ncn3C2CCCC2)cc1OC. The first-order valence-corrected chi connectivity index (χ1v) is 11.8. The minimum absolute atomic E-state index is 0.346. The fourth-order valence-electron chi connectivity index (χ4n) is 4.93. The number of β-amino-alcohol motifs (C(OH)–C–C–N with tert-alkyl or cyclic N) is 1. The van der Waals surface area contributed by atoms with Crippen molar-refractivity contribution in [2.75, 3.05) is 37.5 Å². The van der Waals surface area contributed by atoms with Crippen LogP contribution in [0.5, 0.6) is 11.5 Å². The maximum Gasteiger partial charge on any atom is 0.229 e. The minimum atomic E-state index is -0.346. The van der Waals surface area contributed by atoms with Gasteiger partial charge in [-0.25, -0.2) is 4.98 Å². The van der Waals surface area contributed by atoms with Gasteiger partial charge in [-0.15, -0.1) is 0 Å². The van der Waals surface area contributed by atoms with E-state index < -0.39 is 0 Å². The quantitative estimate of drug-likeness (QED) is 0.562. The Morgan fingerprint density at radius 2 is 1.88 bits per heavy atom. The second kappa shape index (κ2) is 9.43. The van der Waals surface area contributed by atoms with E-state index in [2.05, 4.69) is 14.8 Å². The zero-order valence-electron chi connectivity index (χ0n) is 19.3. The normalized spacial score (nSPS) is 19.2. The van der Waals surface area contributed by atoms with E-state index in [1.165, 1.54) is 12.8 Å². The van der Waals surface area contributed by atoms with Crippen LogP contribution >= 0.6 is 0 Å². The lowest BCUT2D eigenvalue weighted by Gasteiger charge is -2.30. The molecule has 2 N–H and O–H groups in total. The highest BCUT2D eigenvalue weighted by Gasteiger charge is 2.25. The molecule has 1 saturated carbocycles. The van der Waals surface area contributed by atoms with E-state index in [-0.39, 0.29) is 6.10 Å². The van der Waals surface area contributed by atoms with Gasteiger partial charge in [-0.1, -0.05) is 18.9 Å². The number of imidazole rings is 1. The molecule has 1 atom stereocenters. The Kier molecular flexibility index (Phi) is 6.22. The van der Waals surface area contributed by atoms with Gasteiger partial charge in [0, 0.05) is 25.7 Å². The molecule has 5 rings (SSSR count). The lowest BCUT2D eigenvalue weighted by atomic mass is 10.1. The maximum atomic E-state index is 10.2. The summed E-state index contributed by atoms with van der Waals surface area (Å²) in [6.45, 7) is 1.96. The zero-order valence-corrected chi connectivity index (χ0v) is 19.3. The molecule has 0 amide bonds. The molecule has 33 heavy (non-hydrogen) atoms. The first-order valence-electron chi connectivity index (χ1n) is 11.8. The number of anilines is 2. The summed E-state index contributed by atoms with van der Waals surface area (Å²) in [4.78, 5) is 16.6. The molecule has 176 valence electrons. The molecule has 1 unspecified atom stereocenters. The van der Waals surface area contributed by atoms with Crippen LogP contribution in [0.15, 0.2) is 24.5 Å². The van der Waals surface area contributed by atoms with E-state index in [1.54, 1.807) is 14.2 Å². The summed E-state index contributed by atoms with van der Waals surface area (Å²) in [6.07, 6.45) is 8.11. The highest BCUT2D eigenvalue weighted by atomic mass is 16.5. The highest BCUT2D eigenvalue weighted by molar-refractivity contribution is 5.84. The number of methoxy groups -OCH3 is 2. The van der Waals surface area contributed by atoms with Gasteiger partial charge in [0.15, 0.2) is 28.5 Å². The molecular weight excluding hydrogens is 420 g/mol. The van der Waals surface area contributed by atoms with Crippen molar-refractivity contribution in [2.24, 2.45) is 0 Å². The van der Waals surface area contributed by atoms with Crippen LogP contribution in [0.4, 0.5) is 11.8 Å². The summed E-state index contributed by atoms with van der Waals surface area (Å²) in [6, 6.07) is 6.30. The number of benzene rings is 1. The van der Waals surface area contributed by atoms with E-state index >= 15 is 0 Å². The van der Waals surface area contributed by atoms with Crippen LogP contribution in [0, 0.1) is 0 Å². The second-order valence-corrected chi connectivity index (χ2v) is 8.92. The predicted octanol–water partition coefficient (Wildman–Crippen LogP) is 3.53. The number of piperidine rings is 1. The van der Waals surface area contributed by atoms with Crippen molar-refractivity contribution in [3.8, 4) is 11.5 Å². The monoisotopic (exact) mass is 452 g/mol. The smallest absolute Gasteiger partial charge is 0.229 e. The number of aliphatic hydroxyl groups is 1. The van der Waals surface area contributed by atoms with Crippen LogP contribution in [0.3, 0.4) is 0 Å². The molecule has 9 nitrogen and oxygen atoms in total. The molecule has 2 fully saturated rings. The van der Waals surface area contributed by atoms with E-state index in [0.29, 0.717) is 42.4 Å². The van der Waals surface area contributed by atoms with Crippen molar-refractivity contribution in [2.45, 2.75) is 57.2 Å². The van der Waals surface area contributed by atoms with E-state index in [9.17, 15) is 5.11 Å². The summed E-state index contributed by atoms with van der Waals surface area (Å²) in [7, 11) is 3.27. The summed E-state index contributed by atoms with van der Waals surface area (Å²) < 4.78 is 13.0. The molecule has 3 aromatic rings. The van der Waals surface area contributed by atoms with Crippen LogP contribution in [0.2, 0.25) is 0 Å². The Labute approximate surface area is 193 Å². The molecule has 2 aromatic heterocycles. The predicted molar refractivity (Wildman–Crippen MR) is 127 cm³/mol. The van der Waals surface area contributed by atoms with Crippen LogP contribution in [0.25, 0.3) is 11.2 Å². The number of nitrogens with one attached hydrogen (secondary N) is 1. The van der Waals surface area contributed by atoms with Crippen molar-refractivity contribution in [1.82, 2.24) is 19.5 Å². The molecular formula is C24H32N6O3. The third-order valence-electron chi connectivity index (χ3n) is 6.71. The highest BCUT2D eigenvalue weighted by Crippen LogP contribution is 2.34. The molecule has 9 heteroatoms. The topological polar surface area (TPSA) is 97.6 Å². The number of aromatic nitrogens is 4. The number of fused-ring (bicyclic) bond motifs is 1. The first kappa shape index (κ1) is 21.8. The number of nitrogens with zero attached hydrogens (tertiary/aromatic N) is 5. The Bertz CT molecular complexity index is 1110. The Morgan fingerprint density at radius 1 is 1.06 bits per heavy atom. The van der Waals surface area contributed by atoms with Crippen molar-refractivity contribution in [3.63, 3.8) is 0 Å². The van der Waals surface area contributed by atoms with Gasteiger partial charge in [0.1, 0.15) is 0 Å². The van der Waals surface area contributed by atoms with Crippen molar-refractivity contribution in [1.29, 1.82) is 0 Å². The Balaban J connectivity index is 1.48. The lowest BCUT2D eigenvalue weighted by Crippen LogP contribution is -2.39. The number of hydrogen-bond donors (Lipinski definition) is 2. The molecule has 0 bridgehead atoms. The standard InChI is InChI=1S/C24H32N6O3/c1-32-19-10-9-16(12-20(19)33-2)13-25-22-21-23(30(15-26-21)17-6-3-4-7-17)28-24(27-22)29-11-5-8-18(31)14-29/h9-10,12,15,17-18,31H,3-8,11,13-14H2,1-2H3,(H,25,27,28). The molecule has 0 radical (unpaired) electrons. The summed E-state index contributed by atoms with van der Waals surface area (Å²) >= 11 is 0. The van der Waals surface area contributed by atoms with Gasteiger partial charge in [0.05, 0.1) is 26.7 Å². The second-order valence-electron chi connectivity index (χ2n) is 8.92. The molecule has 1 saturated heterocycles. The summed E-state index contributed by atoms with van der Waals surface area (Å²) in [5.74, 6) is 2.75. The molecule has 1 aromatic carbocycles. The molecule has 3 heterocycles. The van der Waals surface area contributed by atoms with Gasteiger partial charge in [-0.3, -0.25) is 0 Å². The fourth-order valence-corrected chi connectivity index (χ4v) is 4.93. The number of aliphatic hydroxyl groups excluding tert-OH is 1. The average molecular weight is 453 g/mol. The third kappa shape index (κ3) is 4.42. The molecule has 0 spiro atoms. The van der Waals surface area contributed by atoms with Crippen molar-refractivity contribution < 1.29 is 14.6 Å². The van der Waals surface area contributed by atoms with E-state index in [4.69, 9.17) is 24.4 Å². The van der Waals surface area contributed by atoms with Crippen LogP contribution in [0.1, 0.15) is 50.1 Å². The van der Waals surface area contributed by atoms with Crippen LogP contribution in [-0.2, 0) is 6.54 Å². The lowest BCUT2D eigenvalue weighted by molar-refractivity contribution is 0.153. The van der Waals surface area contributed by atoms with Gasteiger partial charge >= 0.3 is 0 Å². The molecule has 2 aliphatic rings. The molecule has 1 aliphatic carbocycles. The van der Waals surface area contributed by atoms with Crippen LogP contribution in [-0.4, -0.2) is 58.0 Å². The van der Waals surface area contributed by atoms with Gasteiger partial charge < -0.3 is 29.4 Å².